The van der Waals surface area contributed by atoms with Crippen LogP contribution in [0.3, 0.4) is 0 Å². The van der Waals surface area contributed by atoms with Crippen LogP contribution in [-0.4, -0.2) is 87.4 Å². The van der Waals surface area contributed by atoms with Crippen molar-refractivity contribution in [2.45, 2.75) is 334 Å². The number of aliphatic carboxylic acids is 1. The number of carboxylic acid groups (broad SMARTS) is 1. The average molecular weight is 1350 g/mol. The zero-order valence-corrected chi connectivity index (χ0v) is 63.2. The number of hydrogen-bond donors (Lipinski definition) is 1. The standard InChI is InChI=1S/C88H147NO8/c1-6-8-10-12-14-16-18-20-22-24-26-28-30-32-34-36-38-40-42-43-45-47-49-51-53-55-57-59-61-63-65-67-69-71-73-75-77-79-86(91)97-84(83-96-88(87(92)93)94-81-80-89(3,4)5)82-95-85(90)78-76-74-72-70-68-66-64-62-60-58-56-54-52-50-48-46-44-41-39-37-35-33-31-29-27-25-23-21-19-17-15-13-11-9-7-2/h8-11,14-17,20-23,26-29,32-35,38,40,43,45,49,51,84,88H,6-7,12-13,18-19,24-25,30-31,36-37,39,41-42,44,46-48,50,52-83H2,1-5H3/p+1/b10-8-,11-9-,16-14-,17-15-,22-20-,23-21-,28-26-,29-27-,34-32-,35-33-,40-38-,45-43-,51-49-. The second-order valence-corrected chi connectivity index (χ2v) is 27.3. The molecule has 0 amide bonds. The van der Waals surface area contributed by atoms with Crippen molar-refractivity contribution >= 4 is 17.9 Å². The van der Waals surface area contributed by atoms with E-state index >= 15 is 0 Å². The maximum atomic E-state index is 13.0. The molecule has 0 aromatic carbocycles. The van der Waals surface area contributed by atoms with E-state index in [1.54, 1.807) is 0 Å². The first-order chi connectivity index (χ1) is 47.6. The predicted molar refractivity (Wildman–Crippen MR) is 419 cm³/mol. The molecule has 0 fully saturated rings. The number of carboxylic acids is 1. The van der Waals surface area contributed by atoms with E-state index in [-0.39, 0.29) is 32.2 Å². The van der Waals surface area contributed by atoms with Gasteiger partial charge in [0.1, 0.15) is 13.2 Å². The lowest BCUT2D eigenvalue weighted by atomic mass is 10.0. The summed E-state index contributed by atoms with van der Waals surface area (Å²) in [7, 11) is 5.98. The molecule has 0 heterocycles. The molecule has 0 bridgehead atoms. The Morgan fingerprint density at radius 3 is 0.825 bits per heavy atom. The van der Waals surface area contributed by atoms with Crippen LogP contribution in [0.15, 0.2) is 158 Å². The second-order valence-electron chi connectivity index (χ2n) is 27.3. The first-order valence-electron chi connectivity index (χ1n) is 39.6. The molecule has 0 aromatic heterocycles. The third-order valence-corrected chi connectivity index (χ3v) is 16.8. The molecule has 0 aliphatic heterocycles. The molecular formula is C88H148NO8+. The van der Waals surface area contributed by atoms with E-state index in [0.29, 0.717) is 23.9 Å². The molecule has 552 valence electrons. The molecule has 0 radical (unpaired) electrons. The highest BCUT2D eigenvalue weighted by Gasteiger charge is 2.25. The van der Waals surface area contributed by atoms with Crippen molar-refractivity contribution < 1.29 is 42.9 Å². The lowest BCUT2D eigenvalue weighted by molar-refractivity contribution is -0.870. The Morgan fingerprint density at radius 1 is 0.309 bits per heavy atom. The minimum Gasteiger partial charge on any atom is -0.477 e. The van der Waals surface area contributed by atoms with Crippen molar-refractivity contribution in [3.63, 3.8) is 0 Å². The van der Waals surface area contributed by atoms with Gasteiger partial charge in [-0.25, -0.2) is 4.79 Å². The zero-order chi connectivity index (χ0) is 70.4. The van der Waals surface area contributed by atoms with E-state index in [9.17, 15) is 19.5 Å². The van der Waals surface area contributed by atoms with Gasteiger partial charge in [-0.15, -0.1) is 0 Å². The van der Waals surface area contributed by atoms with Gasteiger partial charge < -0.3 is 28.5 Å². The fourth-order valence-corrected chi connectivity index (χ4v) is 10.8. The summed E-state index contributed by atoms with van der Waals surface area (Å²) in [5.41, 5.74) is 0. The largest absolute Gasteiger partial charge is 0.477 e. The van der Waals surface area contributed by atoms with E-state index in [4.69, 9.17) is 18.9 Å². The summed E-state index contributed by atoms with van der Waals surface area (Å²) in [6.45, 7) is 4.67. The summed E-state index contributed by atoms with van der Waals surface area (Å²) in [6.07, 6.45) is 111. The van der Waals surface area contributed by atoms with E-state index < -0.39 is 24.3 Å². The number of ether oxygens (including phenoxy) is 4. The van der Waals surface area contributed by atoms with Gasteiger partial charge in [0.15, 0.2) is 6.10 Å². The number of allylic oxidation sites excluding steroid dienone is 26. The number of hydrogen-bond acceptors (Lipinski definition) is 7. The van der Waals surface area contributed by atoms with Gasteiger partial charge in [-0.1, -0.05) is 345 Å². The topological polar surface area (TPSA) is 108 Å². The van der Waals surface area contributed by atoms with Crippen LogP contribution in [0.1, 0.15) is 322 Å². The molecule has 0 aliphatic carbocycles. The normalized spacial score (nSPS) is 13.5. The van der Waals surface area contributed by atoms with Crippen LogP contribution in [0.25, 0.3) is 0 Å². The summed E-state index contributed by atoms with van der Waals surface area (Å²) in [6, 6.07) is 0. The van der Waals surface area contributed by atoms with E-state index in [1.807, 2.05) is 21.1 Å². The minimum absolute atomic E-state index is 0.182. The average Bonchev–Trinajstić information content (AvgIpc) is 3.11. The van der Waals surface area contributed by atoms with Crippen molar-refractivity contribution in [2.75, 3.05) is 47.5 Å². The Hall–Kier alpha value is -5.09. The van der Waals surface area contributed by atoms with Gasteiger partial charge in [-0.3, -0.25) is 9.59 Å². The Morgan fingerprint density at radius 2 is 0.557 bits per heavy atom. The fraction of sp³-hybridized carbons (Fsp3) is 0.670. The molecule has 1 N–H and O–H groups in total. The van der Waals surface area contributed by atoms with Gasteiger partial charge in [-0.2, -0.15) is 0 Å². The smallest absolute Gasteiger partial charge is 0.361 e. The summed E-state index contributed by atoms with van der Waals surface area (Å²) in [4.78, 5) is 37.8. The molecule has 97 heavy (non-hydrogen) atoms. The van der Waals surface area contributed by atoms with Gasteiger partial charge in [0.2, 0.25) is 0 Å². The van der Waals surface area contributed by atoms with E-state index in [1.165, 1.54) is 167 Å². The molecule has 0 spiro atoms. The minimum atomic E-state index is -1.52. The van der Waals surface area contributed by atoms with Crippen molar-refractivity contribution in [2.24, 2.45) is 0 Å². The van der Waals surface area contributed by atoms with Crippen molar-refractivity contribution in [3.05, 3.63) is 158 Å². The van der Waals surface area contributed by atoms with E-state index in [0.717, 1.165) is 122 Å². The Labute approximate surface area is 597 Å². The Kier molecular flexibility index (Phi) is 72.6. The van der Waals surface area contributed by atoms with Crippen molar-refractivity contribution in [1.82, 2.24) is 0 Å². The lowest BCUT2D eigenvalue weighted by Gasteiger charge is -2.25. The van der Waals surface area contributed by atoms with Gasteiger partial charge in [0.05, 0.1) is 34.4 Å². The van der Waals surface area contributed by atoms with Gasteiger partial charge in [0.25, 0.3) is 6.29 Å². The molecule has 2 unspecified atom stereocenters. The van der Waals surface area contributed by atoms with Crippen LogP contribution in [0.2, 0.25) is 0 Å². The van der Waals surface area contributed by atoms with Crippen molar-refractivity contribution in [1.29, 1.82) is 0 Å². The summed E-state index contributed by atoms with van der Waals surface area (Å²) in [5, 5.41) is 9.78. The van der Waals surface area contributed by atoms with Gasteiger partial charge >= 0.3 is 17.9 Å². The highest BCUT2D eigenvalue weighted by molar-refractivity contribution is 5.71. The highest BCUT2D eigenvalue weighted by Crippen LogP contribution is 2.18. The summed E-state index contributed by atoms with van der Waals surface area (Å²) >= 11 is 0. The third-order valence-electron chi connectivity index (χ3n) is 16.8. The monoisotopic (exact) mass is 1350 g/mol. The Balaban J connectivity index is 4.07. The summed E-state index contributed by atoms with van der Waals surface area (Å²) in [5.74, 6) is -2.00. The first-order valence-corrected chi connectivity index (χ1v) is 39.6. The van der Waals surface area contributed by atoms with Crippen LogP contribution < -0.4 is 0 Å². The van der Waals surface area contributed by atoms with Gasteiger partial charge in [-0.05, 0) is 122 Å². The first kappa shape index (κ1) is 91.9. The number of carbonyl (C=O) groups excluding carboxylic acids is 2. The van der Waals surface area contributed by atoms with Crippen molar-refractivity contribution in [3.8, 4) is 0 Å². The number of nitrogens with zero attached hydrogens (tertiary/aromatic N) is 1. The lowest BCUT2D eigenvalue weighted by Crippen LogP contribution is -2.40. The van der Waals surface area contributed by atoms with Gasteiger partial charge in [0, 0.05) is 12.8 Å². The van der Waals surface area contributed by atoms with E-state index in [2.05, 4.69) is 172 Å². The predicted octanol–water partition coefficient (Wildman–Crippen LogP) is 25.6. The molecular weight excluding hydrogens is 1200 g/mol. The number of esters is 2. The molecule has 9 heteroatoms. The number of rotatable bonds is 72. The highest BCUT2D eigenvalue weighted by atomic mass is 16.7. The molecule has 9 nitrogen and oxygen atoms in total. The molecule has 0 rings (SSSR count). The third kappa shape index (κ3) is 78.1. The van der Waals surface area contributed by atoms with Crippen LogP contribution in [0.4, 0.5) is 0 Å². The molecule has 0 saturated carbocycles. The maximum absolute atomic E-state index is 13.0. The number of quaternary nitrogens is 1. The number of likely N-dealkylation sites (N-methyl/N-ethyl adjacent to an activating group) is 1. The molecule has 0 saturated heterocycles. The molecule has 0 aliphatic rings. The summed E-state index contributed by atoms with van der Waals surface area (Å²) < 4.78 is 23.0. The zero-order valence-electron chi connectivity index (χ0n) is 63.2. The van der Waals surface area contributed by atoms with Crippen LogP contribution in [-0.2, 0) is 33.3 Å². The maximum Gasteiger partial charge on any atom is 0.361 e. The Bertz CT molecular complexity index is 2160. The second kappa shape index (κ2) is 76.7. The number of carbonyl (C=O) groups is 3. The quantitative estimate of drug-likeness (QED) is 0.0211. The van der Waals surface area contributed by atoms with Crippen LogP contribution >= 0.6 is 0 Å². The molecule has 0 aromatic rings. The molecule has 2 atom stereocenters. The van der Waals surface area contributed by atoms with Crippen LogP contribution in [0, 0.1) is 0 Å². The number of unbranched alkanes of at least 4 members (excludes halogenated alkanes) is 31. The van der Waals surface area contributed by atoms with Crippen LogP contribution in [0.5, 0.6) is 0 Å². The fourth-order valence-electron chi connectivity index (χ4n) is 10.8. The SMILES string of the molecule is CC/C=C\C/C=C\C/C=C\C/C=C\C/C=C\C/C=C\C/C=C\C/C=C\CCCCCCCCCCCCCCC(=O)OC(COC(=O)CCCCCCCCCCCCCCCCCCCCC/C=C\C/C=C\C/C=C\C/C=C\C/C=C\CC)COC(OCC[N+](C)(C)C)C(=O)O.